The van der Waals surface area contributed by atoms with Gasteiger partial charge < -0.3 is 10.5 Å². The Morgan fingerprint density at radius 1 is 1.31 bits per heavy atom. The fraction of sp³-hybridized carbons (Fsp3) is 0.818. The van der Waals surface area contributed by atoms with Crippen molar-refractivity contribution >= 4 is 0 Å². The lowest BCUT2D eigenvalue weighted by Crippen LogP contribution is -2.19. The molecule has 0 aliphatic rings. The van der Waals surface area contributed by atoms with Crippen LogP contribution in [0.25, 0.3) is 0 Å². The Bertz CT molecular complexity index is 141. The van der Waals surface area contributed by atoms with Crippen LogP contribution in [-0.4, -0.2) is 18.8 Å². The minimum Gasteiger partial charge on any atom is -0.374 e. The molecule has 0 aromatic rings. The second-order valence-electron chi connectivity index (χ2n) is 3.81. The standard InChI is InChI=1S/C11H23NO/c1-5-11(9(2)3)13-8-6-7-10(4)12/h6-7,9-11H,5,8,12H2,1-4H3/b7-6+. The zero-order valence-electron chi connectivity index (χ0n) is 9.29. The van der Waals surface area contributed by atoms with E-state index >= 15 is 0 Å². The highest BCUT2D eigenvalue weighted by Gasteiger charge is 2.09. The number of ether oxygens (including phenoxy) is 1. The highest BCUT2D eigenvalue weighted by molar-refractivity contribution is 4.88. The molecule has 0 spiro atoms. The quantitative estimate of drug-likeness (QED) is 0.645. The molecule has 0 amide bonds. The monoisotopic (exact) mass is 185 g/mol. The summed E-state index contributed by atoms with van der Waals surface area (Å²) in [7, 11) is 0. The SMILES string of the molecule is CCC(OC/C=C/C(C)N)C(C)C. The lowest BCUT2D eigenvalue weighted by Gasteiger charge is -2.18. The molecule has 0 aliphatic heterocycles. The van der Waals surface area contributed by atoms with Gasteiger partial charge in [-0.1, -0.05) is 32.9 Å². The molecule has 0 fully saturated rings. The van der Waals surface area contributed by atoms with E-state index in [0.29, 0.717) is 18.6 Å². The molecule has 0 aromatic carbocycles. The van der Waals surface area contributed by atoms with Gasteiger partial charge in [-0.25, -0.2) is 0 Å². The molecule has 0 rings (SSSR count). The molecule has 0 saturated carbocycles. The second kappa shape index (κ2) is 7.10. The lowest BCUT2D eigenvalue weighted by molar-refractivity contribution is 0.0378. The van der Waals surface area contributed by atoms with E-state index in [4.69, 9.17) is 10.5 Å². The van der Waals surface area contributed by atoms with E-state index in [9.17, 15) is 0 Å². The fourth-order valence-corrected chi connectivity index (χ4v) is 1.23. The van der Waals surface area contributed by atoms with Gasteiger partial charge in [-0.3, -0.25) is 0 Å². The minimum atomic E-state index is 0.128. The van der Waals surface area contributed by atoms with Crippen LogP contribution in [0.4, 0.5) is 0 Å². The van der Waals surface area contributed by atoms with Crippen molar-refractivity contribution in [3.63, 3.8) is 0 Å². The van der Waals surface area contributed by atoms with Crippen LogP contribution in [-0.2, 0) is 4.74 Å². The normalized spacial score (nSPS) is 16.8. The van der Waals surface area contributed by atoms with Crippen molar-refractivity contribution in [2.24, 2.45) is 11.7 Å². The summed E-state index contributed by atoms with van der Waals surface area (Å²) in [5.74, 6) is 0.591. The van der Waals surface area contributed by atoms with Gasteiger partial charge in [0.1, 0.15) is 0 Å². The topological polar surface area (TPSA) is 35.2 Å². The molecule has 0 aromatic heterocycles. The predicted octanol–water partition coefficient (Wildman–Crippen LogP) is 2.34. The summed E-state index contributed by atoms with van der Waals surface area (Å²) < 4.78 is 5.66. The van der Waals surface area contributed by atoms with Crippen LogP contribution in [0.2, 0.25) is 0 Å². The van der Waals surface area contributed by atoms with Gasteiger partial charge in [0.25, 0.3) is 0 Å². The second-order valence-corrected chi connectivity index (χ2v) is 3.81. The van der Waals surface area contributed by atoms with Crippen molar-refractivity contribution in [2.75, 3.05) is 6.61 Å². The minimum absolute atomic E-state index is 0.128. The molecule has 2 atom stereocenters. The molecule has 2 nitrogen and oxygen atoms in total. The first-order valence-corrected chi connectivity index (χ1v) is 5.11. The molecular formula is C11H23NO. The molecule has 0 saturated heterocycles. The Morgan fingerprint density at radius 3 is 2.31 bits per heavy atom. The molecule has 2 N–H and O–H groups in total. The summed E-state index contributed by atoms with van der Waals surface area (Å²) in [6, 6.07) is 0.128. The van der Waals surface area contributed by atoms with Crippen LogP contribution in [0.5, 0.6) is 0 Å². The van der Waals surface area contributed by atoms with Crippen molar-refractivity contribution in [1.82, 2.24) is 0 Å². The van der Waals surface area contributed by atoms with E-state index in [-0.39, 0.29) is 6.04 Å². The molecular weight excluding hydrogens is 162 g/mol. The van der Waals surface area contributed by atoms with E-state index in [0.717, 1.165) is 6.42 Å². The molecule has 2 unspecified atom stereocenters. The highest BCUT2D eigenvalue weighted by atomic mass is 16.5. The van der Waals surface area contributed by atoms with E-state index in [2.05, 4.69) is 20.8 Å². The van der Waals surface area contributed by atoms with Gasteiger partial charge in [0, 0.05) is 6.04 Å². The zero-order valence-corrected chi connectivity index (χ0v) is 9.29. The first-order valence-electron chi connectivity index (χ1n) is 5.11. The predicted molar refractivity (Wildman–Crippen MR) is 57.7 cm³/mol. The van der Waals surface area contributed by atoms with Crippen molar-refractivity contribution in [1.29, 1.82) is 0 Å². The van der Waals surface area contributed by atoms with Gasteiger partial charge >= 0.3 is 0 Å². The Kier molecular flexibility index (Phi) is 6.92. The van der Waals surface area contributed by atoms with Crippen molar-refractivity contribution in [3.05, 3.63) is 12.2 Å². The third-order valence-corrected chi connectivity index (χ3v) is 1.99. The van der Waals surface area contributed by atoms with Crippen molar-refractivity contribution in [3.8, 4) is 0 Å². The molecule has 0 aliphatic carbocycles. The third-order valence-electron chi connectivity index (χ3n) is 1.99. The molecule has 13 heavy (non-hydrogen) atoms. The van der Waals surface area contributed by atoms with Gasteiger partial charge in [-0.15, -0.1) is 0 Å². The van der Waals surface area contributed by atoms with Crippen LogP contribution in [0.15, 0.2) is 12.2 Å². The third kappa shape index (κ3) is 6.79. The van der Waals surface area contributed by atoms with Crippen LogP contribution in [0, 0.1) is 5.92 Å². The van der Waals surface area contributed by atoms with Gasteiger partial charge in [0.2, 0.25) is 0 Å². The summed E-state index contributed by atoms with van der Waals surface area (Å²) in [4.78, 5) is 0. The summed E-state index contributed by atoms with van der Waals surface area (Å²) in [5, 5.41) is 0. The van der Waals surface area contributed by atoms with Gasteiger partial charge in [-0.2, -0.15) is 0 Å². The van der Waals surface area contributed by atoms with Gasteiger partial charge in [0.05, 0.1) is 12.7 Å². The molecule has 0 heterocycles. The average Bonchev–Trinajstić information content (AvgIpc) is 2.03. The highest BCUT2D eigenvalue weighted by Crippen LogP contribution is 2.09. The van der Waals surface area contributed by atoms with E-state index in [1.165, 1.54) is 0 Å². The van der Waals surface area contributed by atoms with E-state index in [1.807, 2.05) is 19.1 Å². The number of hydrogen-bond donors (Lipinski definition) is 1. The smallest absolute Gasteiger partial charge is 0.0651 e. The van der Waals surface area contributed by atoms with Crippen LogP contribution in [0.3, 0.4) is 0 Å². The number of rotatable bonds is 6. The van der Waals surface area contributed by atoms with E-state index in [1.54, 1.807) is 0 Å². The van der Waals surface area contributed by atoms with Crippen LogP contribution >= 0.6 is 0 Å². The summed E-state index contributed by atoms with van der Waals surface area (Å²) in [6.07, 6.45) is 5.41. The number of hydrogen-bond acceptors (Lipinski definition) is 2. The Balaban J connectivity index is 3.61. The van der Waals surface area contributed by atoms with Gasteiger partial charge in [-0.05, 0) is 19.3 Å². The van der Waals surface area contributed by atoms with E-state index < -0.39 is 0 Å². The lowest BCUT2D eigenvalue weighted by atomic mass is 10.1. The maximum atomic E-state index is 5.66. The Labute approximate surface area is 82.2 Å². The van der Waals surface area contributed by atoms with Gasteiger partial charge in [0.15, 0.2) is 0 Å². The maximum Gasteiger partial charge on any atom is 0.0651 e. The number of nitrogens with two attached hydrogens (primary N) is 1. The van der Waals surface area contributed by atoms with Crippen molar-refractivity contribution in [2.45, 2.75) is 46.3 Å². The first-order chi connectivity index (χ1) is 6.07. The summed E-state index contributed by atoms with van der Waals surface area (Å²) in [6.45, 7) is 9.15. The first kappa shape index (κ1) is 12.7. The molecule has 2 heteroatoms. The molecule has 78 valence electrons. The average molecular weight is 185 g/mol. The fourth-order valence-electron chi connectivity index (χ4n) is 1.23. The van der Waals surface area contributed by atoms with Crippen molar-refractivity contribution < 1.29 is 4.74 Å². The largest absolute Gasteiger partial charge is 0.374 e. The molecule has 0 radical (unpaired) electrons. The summed E-state index contributed by atoms with van der Waals surface area (Å²) >= 11 is 0. The zero-order chi connectivity index (χ0) is 10.3. The Hall–Kier alpha value is -0.340. The summed E-state index contributed by atoms with van der Waals surface area (Å²) in [5.41, 5.74) is 5.56. The van der Waals surface area contributed by atoms with Crippen LogP contribution in [0.1, 0.15) is 34.1 Å². The molecule has 0 bridgehead atoms. The Morgan fingerprint density at radius 2 is 1.92 bits per heavy atom. The van der Waals surface area contributed by atoms with Crippen LogP contribution < -0.4 is 5.73 Å². The maximum absolute atomic E-state index is 5.66.